The van der Waals surface area contributed by atoms with Gasteiger partial charge in [0.2, 0.25) is 0 Å². The SMILES string of the molecule is NC[C@H]1CC[C@@H](C(=O)N2CCN(Cc3ccc(F)cc3Cl)CC2)O1. The number of benzene rings is 1. The third-order valence-electron chi connectivity index (χ3n) is 4.74. The zero-order chi connectivity index (χ0) is 17.1. The summed E-state index contributed by atoms with van der Waals surface area (Å²) in [6.45, 7) is 4.01. The molecular formula is C17H23ClFN3O2. The number of nitrogens with zero attached hydrogens (tertiary/aromatic N) is 2. The van der Waals surface area contributed by atoms with Gasteiger partial charge in [-0.3, -0.25) is 9.69 Å². The molecule has 0 aliphatic carbocycles. The van der Waals surface area contributed by atoms with Gasteiger partial charge in [0.15, 0.2) is 0 Å². The van der Waals surface area contributed by atoms with E-state index in [0.29, 0.717) is 31.2 Å². The van der Waals surface area contributed by atoms with Crippen LogP contribution in [0.1, 0.15) is 18.4 Å². The lowest BCUT2D eigenvalue weighted by molar-refractivity contribution is -0.144. The second-order valence-corrected chi connectivity index (χ2v) is 6.80. The Morgan fingerprint density at radius 1 is 1.29 bits per heavy atom. The summed E-state index contributed by atoms with van der Waals surface area (Å²) in [5, 5.41) is 0.445. The van der Waals surface area contributed by atoms with E-state index in [0.717, 1.165) is 31.5 Å². The predicted octanol–water partition coefficient (Wildman–Crippen LogP) is 1.63. The van der Waals surface area contributed by atoms with Crippen LogP contribution in [-0.2, 0) is 16.1 Å². The van der Waals surface area contributed by atoms with E-state index < -0.39 is 0 Å². The molecule has 24 heavy (non-hydrogen) atoms. The maximum Gasteiger partial charge on any atom is 0.251 e. The molecule has 0 unspecified atom stereocenters. The first-order chi connectivity index (χ1) is 11.6. The molecule has 7 heteroatoms. The van der Waals surface area contributed by atoms with Crippen LogP contribution in [0.25, 0.3) is 0 Å². The summed E-state index contributed by atoms with van der Waals surface area (Å²) < 4.78 is 18.8. The smallest absolute Gasteiger partial charge is 0.251 e. The van der Waals surface area contributed by atoms with Gasteiger partial charge in [0.1, 0.15) is 11.9 Å². The average Bonchev–Trinajstić information content (AvgIpc) is 3.06. The molecule has 2 saturated heterocycles. The van der Waals surface area contributed by atoms with Crippen LogP contribution in [0.15, 0.2) is 18.2 Å². The van der Waals surface area contributed by atoms with Gasteiger partial charge < -0.3 is 15.4 Å². The van der Waals surface area contributed by atoms with Crippen molar-refractivity contribution in [1.82, 2.24) is 9.80 Å². The van der Waals surface area contributed by atoms with Gasteiger partial charge in [0, 0.05) is 44.3 Å². The zero-order valence-corrected chi connectivity index (χ0v) is 14.3. The first-order valence-corrected chi connectivity index (χ1v) is 8.75. The number of nitrogens with two attached hydrogens (primary N) is 1. The number of halogens is 2. The van der Waals surface area contributed by atoms with E-state index in [1.807, 2.05) is 4.90 Å². The molecule has 0 bridgehead atoms. The molecule has 0 aromatic heterocycles. The van der Waals surface area contributed by atoms with Gasteiger partial charge in [-0.15, -0.1) is 0 Å². The summed E-state index contributed by atoms with van der Waals surface area (Å²) in [6, 6.07) is 4.47. The van der Waals surface area contributed by atoms with Gasteiger partial charge in [-0.1, -0.05) is 17.7 Å². The third-order valence-corrected chi connectivity index (χ3v) is 5.09. The highest BCUT2D eigenvalue weighted by Crippen LogP contribution is 2.22. The van der Waals surface area contributed by atoms with Crippen LogP contribution in [0.2, 0.25) is 5.02 Å². The van der Waals surface area contributed by atoms with Gasteiger partial charge in [0.25, 0.3) is 5.91 Å². The fourth-order valence-electron chi connectivity index (χ4n) is 3.28. The molecule has 3 rings (SSSR count). The second kappa shape index (κ2) is 7.78. The number of ether oxygens (including phenoxy) is 1. The fourth-order valence-corrected chi connectivity index (χ4v) is 3.51. The molecule has 2 fully saturated rings. The van der Waals surface area contributed by atoms with Crippen molar-refractivity contribution in [3.8, 4) is 0 Å². The van der Waals surface area contributed by atoms with Crippen molar-refractivity contribution >= 4 is 17.5 Å². The lowest BCUT2D eigenvalue weighted by Gasteiger charge is -2.36. The van der Waals surface area contributed by atoms with Gasteiger partial charge >= 0.3 is 0 Å². The lowest BCUT2D eigenvalue weighted by atomic mass is 10.1. The number of carbonyl (C=O) groups is 1. The summed E-state index contributed by atoms with van der Waals surface area (Å²) in [5.41, 5.74) is 6.50. The molecule has 1 aromatic rings. The Balaban J connectivity index is 1.49. The van der Waals surface area contributed by atoms with E-state index in [2.05, 4.69) is 4.90 Å². The molecule has 0 radical (unpaired) electrons. The second-order valence-electron chi connectivity index (χ2n) is 6.40. The van der Waals surface area contributed by atoms with Gasteiger partial charge in [-0.25, -0.2) is 4.39 Å². The fraction of sp³-hybridized carbons (Fsp3) is 0.588. The van der Waals surface area contributed by atoms with Crippen molar-refractivity contribution in [2.75, 3.05) is 32.7 Å². The largest absolute Gasteiger partial charge is 0.364 e. The number of piperazine rings is 1. The minimum absolute atomic E-state index is 0.0147. The van der Waals surface area contributed by atoms with Crippen molar-refractivity contribution in [3.05, 3.63) is 34.6 Å². The highest BCUT2D eigenvalue weighted by Gasteiger charge is 2.34. The van der Waals surface area contributed by atoms with Crippen LogP contribution in [0, 0.1) is 5.82 Å². The van der Waals surface area contributed by atoms with Gasteiger partial charge in [-0.05, 0) is 30.5 Å². The van der Waals surface area contributed by atoms with E-state index >= 15 is 0 Å². The minimum atomic E-state index is -0.336. The van der Waals surface area contributed by atoms with Crippen LogP contribution in [0.3, 0.4) is 0 Å². The number of hydrogen-bond acceptors (Lipinski definition) is 4. The molecule has 5 nitrogen and oxygen atoms in total. The first kappa shape index (κ1) is 17.6. The molecule has 1 aromatic carbocycles. The molecule has 2 N–H and O–H groups in total. The van der Waals surface area contributed by atoms with Crippen molar-refractivity contribution in [1.29, 1.82) is 0 Å². The zero-order valence-electron chi connectivity index (χ0n) is 13.6. The summed E-state index contributed by atoms with van der Waals surface area (Å²) >= 11 is 6.08. The quantitative estimate of drug-likeness (QED) is 0.891. The number of amides is 1. The Hall–Kier alpha value is -1.21. The van der Waals surface area contributed by atoms with Crippen LogP contribution < -0.4 is 5.73 Å². The third kappa shape index (κ3) is 4.06. The molecule has 2 aliphatic rings. The number of carbonyl (C=O) groups excluding carboxylic acids is 1. The normalized spacial score (nSPS) is 25.2. The van der Waals surface area contributed by atoms with E-state index in [9.17, 15) is 9.18 Å². The molecule has 2 heterocycles. The van der Waals surface area contributed by atoms with Gasteiger partial charge in [-0.2, -0.15) is 0 Å². The molecule has 0 spiro atoms. The summed E-state index contributed by atoms with van der Waals surface area (Å²) in [4.78, 5) is 16.6. The van der Waals surface area contributed by atoms with Crippen molar-refractivity contribution in [3.63, 3.8) is 0 Å². The van der Waals surface area contributed by atoms with Crippen LogP contribution in [0.4, 0.5) is 4.39 Å². The van der Waals surface area contributed by atoms with Crippen molar-refractivity contribution in [2.45, 2.75) is 31.6 Å². The molecule has 0 saturated carbocycles. The highest BCUT2D eigenvalue weighted by molar-refractivity contribution is 6.31. The van der Waals surface area contributed by atoms with E-state index in [1.54, 1.807) is 6.07 Å². The Morgan fingerprint density at radius 3 is 2.67 bits per heavy atom. The molecule has 132 valence electrons. The van der Waals surface area contributed by atoms with Crippen molar-refractivity contribution in [2.24, 2.45) is 5.73 Å². The van der Waals surface area contributed by atoms with E-state index in [4.69, 9.17) is 22.1 Å². The van der Waals surface area contributed by atoms with Crippen LogP contribution in [0.5, 0.6) is 0 Å². The maximum atomic E-state index is 13.1. The van der Waals surface area contributed by atoms with Crippen LogP contribution in [-0.4, -0.2) is 60.6 Å². The monoisotopic (exact) mass is 355 g/mol. The minimum Gasteiger partial charge on any atom is -0.364 e. The lowest BCUT2D eigenvalue weighted by Crippen LogP contribution is -2.51. The topological polar surface area (TPSA) is 58.8 Å². The average molecular weight is 356 g/mol. The predicted molar refractivity (Wildman–Crippen MR) is 90.2 cm³/mol. The molecular weight excluding hydrogens is 333 g/mol. The van der Waals surface area contributed by atoms with Gasteiger partial charge in [0.05, 0.1) is 6.10 Å². The summed E-state index contributed by atoms with van der Waals surface area (Å²) in [5.74, 6) is -0.253. The highest BCUT2D eigenvalue weighted by atomic mass is 35.5. The first-order valence-electron chi connectivity index (χ1n) is 8.37. The molecule has 2 aliphatic heterocycles. The summed E-state index contributed by atoms with van der Waals surface area (Å²) in [7, 11) is 0. The Kier molecular flexibility index (Phi) is 5.71. The molecule has 1 amide bonds. The Morgan fingerprint density at radius 2 is 2.04 bits per heavy atom. The Labute approximate surface area is 146 Å². The van der Waals surface area contributed by atoms with E-state index in [-0.39, 0.29) is 23.9 Å². The maximum absolute atomic E-state index is 13.1. The molecule has 2 atom stereocenters. The number of hydrogen-bond donors (Lipinski definition) is 1. The summed E-state index contributed by atoms with van der Waals surface area (Å²) in [6.07, 6.45) is 1.29. The number of rotatable bonds is 4. The standard InChI is InChI=1S/C17H23ClFN3O2/c18-15-9-13(19)2-1-12(15)11-21-5-7-22(8-6-21)17(23)16-4-3-14(10-20)24-16/h1-2,9,14,16H,3-8,10-11,20H2/t14-,16+/m1/s1. The Bertz CT molecular complexity index is 593. The van der Waals surface area contributed by atoms with E-state index in [1.165, 1.54) is 12.1 Å². The van der Waals surface area contributed by atoms with Crippen molar-refractivity contribution < 1.29 is 13.9 Å². The van der Waals surface area contributed by atoms with Crippen LogP contribution >= 0.6 is 11.6 Å².